The fraction of sp³-hybridized carbons (Fsp3) is 0.552. The van der Waals surface area contributed by atoms with Crippen molar-refractivity contribution in [3.05, 3.63) is 46.5 Å². The van der Waals surface area contributed by atoms with Gasteiger partial charge in [-0.1, -0.05) is 50.7 Å². The highest BCUT2D eigenvalue weighted by Crippen LogP contribution is 2.31. The summed E-state index contributed by atoms with van der Waals surface area (Å²) in [6.45, 7) is 0.892. The number of esters is 1. The number of unbranched alkanes of at least 4 members (excludes halogenated alkanes) is 7. The van der Waals surface area contributed by atoms with Crippen LogP contribution < -0.4 is 0 Å². The fourth-order valence-electron chi connectivity index (χ4n) is 5.23. The van der Waals surface area contributed by atoms with Crippen molar-refractivity contribution >= 4 is 29.4 Å². The quantitative estimate of drug-likeness (QED) is 0.119. The molecule has 1 aliphatic heterocycles. The van der Waals surface area contributed by atoms with Crippen LogP contribution >= 0.6 is 0 Å². The van der Waals surface area contributed by atoms with Crippen molar-refractivity contribution in [2.24, 2.45) is 5.92 Å². The molecular weight excluding hydrogens is 458 g/mol. The molecule has 192 valence electrons. The van der Waals surface area contributed by atoms with Crippen LogP contribution in [0, 0.1) is 5.92 Å². The van der Waals surface area contributed by atoms with Gasteiger partial charge in [-0.25, -0.2) is 0 Å². The minimum absolute atomic E-state index is 0.0828. The number of ketones is 2. The van der Waals surface area contributed by atoms with E-state index in [0.29, 0.717) is 25.5 Å². The van der Waals surface area contributed by atoms with E-state index in [0.717, 1.165) is 70.6 Å². The molecule has 7 nitrogen and oxygen atoms in total. The van der Waals surface area contributed by atoms with Gasteiger partial charge in [0.15, 0.2) is 11.6 Å². The Morgan fingerprint density at radius 2 is 1.36 bits per heavy atom. The smallest absolute Gasteiger partial charge is 0.305 e. The van der Waals surface area contributed by atoms with Crippen molar-refractivity contribution in [3.8, 4) is 0 Å². The first-order chi connectivity index (χ1) is 17.5. The number of fused-ring (bicyclic) bond motifs is 2. The molecule has 1 atom stereocenters. The highest BCUT2D eigenvalue weighted by molar-refractivity contribution is 6.28. The van der Waals surface area contributed by atoms with E-state index in [1.165, 1.54) is 17.0 Å². The van der Waals surface area contributed by atoms with Gasteiger partial charge in [-0.3, -0.25) is 28.9 Å². The zero-order valence-corrected chi connectivity index (χ0v) is 20.9. The number of benzene rings is 1. The number of allylic oxidation sites excluding steroid dienone is 2. The van der Waals surface area contributed by atoms with Gasteiger partial charge in [0.25, 0.3) is 11.8 Å². The monoisotopic (exact) mass is 493 g/mol. The predicted octanol–water partition coefficient (Wildman–Crippen LogP) is 5.46. The van der Waals surface area contributed by atoms with E-state index in [9.17, 15) is 24.0 Å². The van der Waals surface area contributed by atoms with E-state index in [-0.39, 0.29) is 58.0 Å². The molecule has 0 fully saturated rings. The predicted molar refractivity (Wildman–Crippen MR) is 134 cm³/mol. The maximum Gasteiger partial charge on any atom is 0.305 e. The van der Waals surface area contributed by atoms with Gasteiger partial charge in [-0.15, -0.1) is 0 Å². The molecule has 0 aromatic heterocycles. The fourth-order valence-corrected chi connectivity index (χ4v) is 5.23. The maximum absolute atomic E-state index is 12.7. The Labute approximate surface area is 212 Å². The summed E-state index contributed by atoms with van der Waals surface area (Å²) in [6, 6.07) is 2.85. The summed E-state index contributed by atoms with van der Waals surface area (Å²) >= 11 is 0. The van der Waals surface area contributed by atoms with Crippen LogP contribution in [0.25, 0.3) is 0 Å². The van der Waals surface area contributed by atoms with Crippen molar-refractivity contribution in [1.29, 1.82) is 0 Å². The summed E-state index contributed by atoms with van der Waals surface area (Å²) in [6.07, 6.45) is 15.7. The Bertz CT molecular complexity index is 1020. The van der Waals surface area contributed by atoms with Crippen LogP contribution in [0.1, 0.15) is 125 Å². The highest BCUT2D eigenvalue weighted by atomic mass is 16.5. The molecule has 36 heavy (non-hydrogen) atoms. The lowest BCUT2D eigenvalue weighted by Gasteiger charge is -2.17. The van der Waals surface area contributed by atoms with E-state index in [4.69, 9.17) is 4.74 Å². The molecule has 1 heterocycles. The lowest BCUT2D eigenvalue weighted by atomic mass is 9.95. The first kappa shape index (κ1) is 26.0. The second-order valence-corrected chi connectivity index (χ2v) is 10.1. The van der Waals surface area contributed by atoms with Crippen molar-refractivity contribution in [2.75, 3.05) is 13.2 Å². The van der Waals surface area contributed by atoms with Crippen molar-refractivity contribution in [2.45, 2.75) is 83.5 Å². The van der Waals surface area contributed by atoms with Gasteiger partial charge in [0, 0.05) is 24.1 Å². The van der Waals surface area contributed by atoms with Gasteiger partial charge in [0.05, 0.1) is 24.2 Å². The molecule has 0 bridgehead atoms. The summed E-state index contributed by atoms with van der Waals surface area (Å²) in [5.41, 5.74) is 0.986. The average Bonchev–Trinajstić information content (AvgIpc) is 3.29. The second-order valence-electron chi connectivity index (χ2n) is 10.1. The molecule has 0 N–H and O–H groups in total. The van der Waals surface area contributed by atoms with E-state index < -0.39 is 0 Å². The number of hydrogen-bond donors (Lipinski definition) is 0. The summed E-state index contributed by atoms with van der Waals surface area (Å²) in [5.74, 6) is -0.931. The SMILES string of the molecule is O=C(CCCCCCCCCCN1C(=O)c2cc3c(cc2C1=O)C(=O)CC3=O)OCC1CC=CCC1. The van der Waals surface area contributed by atoms with Crippen LogP contribution in [0.2, 0.25) is 0 Å². The van der Waals surface area contributed by atoms with Gasteiger partial charge in [-0.2, -0.15) is 0 Å². The van der Waals surface area contributed by atoms with Crippen LogP contribution in [-0.4, -0.2) is 47.4 Å². The first-order valence-electron chi connectivity index (χ1n) is 13.4. The Morgan fingerprint density at radius 1 is 0.778 bits per heavy atom. The molecule has 2 amide bonds. The van der Waals surface area contributed by atoms with Crippen molar-refractivity contribution in [3.63, 3.8) is 0 Å². The van der Waals surface area contributed by atoms with Crippen LogP contribution in [0.15, 0.2) is 24.3 Å². The first-order valence-corrected chi connectivity index (χ1v) is 13.4. The largest absolute Gasteiger partial charge is 0.465 e. The van der Waals surface area contributed by atoms with E-state index in [2.05, 4.69) is 12.2 Å². The topological polar surface area (TPSA) is 97.8 Å². The standard InChI is InChI=1S/C29H35NO6/c31-25-18-26(32)22-17-24-23(16-21(22)25)28(34)30(29(24)35)15-11-6-4-2-1-3-5-10-14-27(33)36-19-20-12-8-7-9-13-20/h7-8,16-17,20H,1-6,9-15,18-19H2. The number of carbonyl (C=O) groups is 5. The third kappa shape index (κ3) is 6.18. The Kier molecular flexibility index (Phi) is 8.83. The number of nitrogens with zero attached hydrogens (tertiary/aromatic N) is 1. The minimum Gasteiger partial charge on any atom is -0.465 e. The summed E-state index contributed by atoms with van der Waals surface area (Å²) < 4.78 is 5.41. The van der Waals surface area contributed by atoms with Gasteiger partial charge < -0.3 is 4.74 Å². The Hall–Kier alpha value is -3.09. The number of Topliss-reactive ketones (excluding diaryl/α,β-unsaturated/α-hetero) is 2. The number of ether oxygens (including phenoxy) is 1. The van der Waals surface area contributed by atoms with Crippen LogP contribution in [0.4, 0.5) is 0 Å². The third-order valence-corrected chi connectivity index (χ3v) is 7.40. The highest BCUT2D eigenvalue weighted by Gasteiger charge is 2.39. The van der Waals surface area contributed by atoms with Crippen LogP contribution in [0.5, 0.6) is 0 Å². The molecule has 0 radical (unpaired) electrons. The molecular formula is C29H35NO6. The van der Waals surface area contributed by atoms with Gasteiger partial charge in [0.2, 0.25) is 0 Å². The summed E-state index contributed by atoms with van der Waals surface area (Å²) in [4.78, 5) is 62.4. The zero-order chi connectivity index (χ0) is 25.5. The zero-order valence-electron chi connectivity index (χ0n) is 20.9. The molecule has 0 saturated heterocycles. The third-order valence-electron chi connectivity index (χ3n) is 7.40. The molecule has 2 aliphatic carbocycles. The van der Waals surface area contributed by atoms with E-state index >= 15 is 0 Å². The Balaban J connectivity index is 1.05. The van der Waals surface area contributed by atoms with E-state index in [1.807, 2.05) is 0 Å². The lowest BCUT2D eigenvalue weighted by molar-refractivity contribution is -0.145. The molecule has 3 aliphatic rings. The second kappa shape index (κ2) is 12.2. The number of hydrogen-bond acceptors (Lipinski definition) is 6. The maximum atomic E-state index is 12.7. The summed E-state index contributed by atoms with van der Waals surface area (Å²) in [5, 5.41) is 0. The molecule has 0 saturated carbocycles. The minimum atomic E-state index is -0.376. The average molecular weight is 494 g/mol. The molecule has 7 heteroatoms. The lowest BCUT2D eigenvalue weighted by Crippen LogP contribution is -2.30. The molecule has 4 rings (SSSR count). The van der Waals surface area contributed by atoms with Gasteiger partial charge in [-0.05, 0) is 50.2 Å². The Morgan fingerprint density at radius 3 is 1.94 bits per heavy atom. The van der Waals surface area contributed by atoms with Gasteiger partial charge in [0.1, 0.15) is 0 Å². The molecule has 0 spiro atoms. The summed E-state index contributed by atoms with van der Waals surface area (Å²) in [7, 11) is 0. The number of carbonyl (C=O) groups excluding carboxylic acids is 5. The van der Waals surface area contributed by atoms with Crippen LogP contribution in [-0.2, 0) is 9.53 Å². The number of amides is 2. The van der Waals surface area contributed by atoms with Crippen molar-refractivity contribution < 1.29 is 28.7 Å². The molecule has 1 aromatic carbocycles. The normalized spacial score (nSPS) is 18.7. The van der Waals surface area contributed by atoms with Gasteiger partial charge >= 0.3 is 5.97 Å². The number of imide groups is 1. The van der Waals surface area contributed by atoms with E-state index in [1.54, 1.807) is 0 Å². The van der Waals surface area contributed by atoms with Crippen molar-refractivity contribution in [1.82, 2.24) is 4.90 Å². The van der Waals surface area contributed by atoms with Crippen LogP contribution in [0.3, 0.4) is 0 Å². The molecule has 1 unspecified atom stereocenters. The number of rotatable bonds is 13. The molecule has 1 aromatic rings.